The van der Waals surface area contributed by atoms with Gasteiger partial charge in [-0.25, -0.2) is 8.42 Å². The number of ether oxygens (including phenoxy) is 1. The van der Waals surface area contributed by atoms with Crippen molar-refractivity contribution in [2.75, 3.05) is 50.8 Å². The molecule has 2 heterocycles. The first-order chi connectivity index (χ1) is 17.1. The lowest BCUT2D eigenvalue weighted by molar-refractivity contribution is -0.137. The number of halogens is 3. The fourth-order valence-corrected chi connectivity index (χ4v) is 5.99. The van der Waals surface area contributed by atoms with E-state index < -0.39 is 21.8 Å². The Hall–Kier alpha value is -2.79. The van der Waals surface area contributed by atoms with Crippen LogP contribution in [0.3, 0.4) is 0 Å². The summed E-state index contributed by atoms with van der Waals surface area (Å²) >= 11 is 0. The van der Waals surface area contributed by atoms with E-state index in [0.29, 0.717) is 50.7 Å². The van der Waals surface area contributed by atoms with Gasteiger partial charge in [-0.2, -0.15) is 17.5 Å². The number of hydrogen-bond donors (Lipinski definition) is 0. The number of carbonyl (C=O) groups excluding carboxylic acids is 1. The van der Waals surface area contributed by atoms with Gasteiger partial charge in [0.1, 0.15) is 5.75 Å². The number of piperazine rings is 1. The Bertz CT molecular complexity index is 1140. The number of sulfonamides is 1. The zero-order chi connectivity index (χ0) is 25.8. The van der Waals surface area contributed by atoms with Crippen molar-refractivity contribution >= 4 is 21.6 Å². The largest absolute Gasteiger partial charge is 0.484 e. The molecule has 0 aromatic heterocycles. The molecule has 2 aliphatic rings. The van der Waals surface area contributed by atoms with Gasteiger partial charge < -0.3 is 14.5 Å². The van der Waals surface area contributed by atoms with E-state index in [1.807, 2.05) is 4.90 Å². The molecule has 0 aliphatic carbocycles. The Morgan fingerprint density at radius 2 is 1.50 bits per heavy atom. The van der Waals surface area contributed by atoms with E-state index >= 15 is 0 Å². The fraction of sp³-hybridized carbons (Fsp3) is 0.480. The van der Waals surface area contributed by atoms with Crippen LogP contribution in [0, 0.1) is 0 Å². The summed E-state index contributed by atoms with van der Waals surface area (Å²) in [7, 11) is -3.55. The zero-order valence-corrected chi connectivity index (χ0v) is 20.7. The van der Waals surface area contributed by atoms with Crippen LogP contribution in [0.25, 0.3) is 0 Å². The second-order valence-electron chi connectivity index (χ2n) is 8.99. The summed E-state index contributed by atoms with van der Waals surface area (Å²) < 4.78 is 71.8. The van der Waals surface area contributed by atoms with Crippen molar-refractivity contribution in [3.05, 3.63) is 54.1 Å². The number of hydrogen-bond acceptors (Lipinski definition) is 5. The van der Waals surface area contributed by atoms with E-state index in [1.54, 1.807) is 23.1 Å². The van der Waals surface area contributed by atoms with Gasteiger partial charge in [-0.15, -0.1) is 0 Å². The molecule has 0 spiro atoms. The van der Waals surface area contributed by atoms with Crippen molar-refractivity contribution in [1.29, 1.82) is 0 Å². The molecular weight excluding hydrogens is 495 g/mol. The summed E-state index contributed by atoms with van der Waals surface area (Å²) in [5.41, 5.74) is -0.222. The molecule has 2 aromatic rings. The molecule has 0 saturated carbocycles. The highest BCUT2D eigenvalue weighted by Crippen LogP contribution is 2.32. The summed E-state index contributed by atoms with van der Waals surface area (Å²) in [4.78, 5) is 16.2. The highest BCUT2D eigenvalue weighted by atomic mass is 32.2. The molecule has 2 aliphatic heterocycles. The van der Waals surface area contributed by atoms with E-state index in [1.165, 1.54) is 22.5 Å². The smallest absolute Gasteiger partial charge is 0.416 e. The van der Waals surface area contributed by atoms with E-state index in [0.717, 1.165) is 37.8 Å². The maximum absolute atomic E-state index is 13.0. The van der Waals surface area contributed by atoms with Gasteiger partial charge >= 0.3 is 6.18 Å². The maximum Gasteiger partial charge on any atom is 0.416 e. The quantitative estimate of drug-likeness (QED) is 0.571. The maximum atomic E-state index is 13.0. The molecule has 36 heavy (non-hydrogen) atoms. The molecule has 0 unspecified atom stereocenters. The third kappa shape index (κ3) is 6.31. The second kappa shape index (κ2) is 11.1. The highest BCUT2D eigenvalue weighted by Gasteiger charge is 2.31. The number of nitrogens with zero attached hydrogens (tertiary/aromatic N) is 3. The molecule has 0 atom stereocenters. The third-order valence-corrected chi connectivity index (χ3v) is 8.47. The molecule has 7 nitrogen and oxygen atoms in total. The zero-order valence-electron chi connectivity index (χ0n) is 19.9. The molecule has 2 aromatic carbocycles. The minimum atomic E-state index is -4.40. The molecule has 2 fully saturated rings. The average molecular weight is 526 g/mol. The summed E-state index contributed by atoms with van der Waals surface area (Å²) in [5.74, 6) is 0.153. The second-order valence-corrected chi connectivity index (χ2v) is 10.9. The molecule has 0 N–H and O–H groups in total. The molecule has 196 valence electrons. The first-order valence-corrected chi connectivity index (χ1v) is 13.5. The monoisotopic (exact) mass is 525 g/mol. The average Bonchev–Trinajstić information content (AvgIpc) is 3.18. The van der Waals surface area contributed by atoms with Crippen LogP contribution in [-0.4, -0.2) is 69.4 Å². The van der Waals surface area contributed by atoms with Gasteiger partial charge in [-0.1, -0.05) is 18.9 Å². The first kappa shape index (κ1) is 26.3. The van der Waals surface area contributed by atoms with Crippen molar-refractivity contribution in [1.82, 2.24) is 9.21 Å². The van der Waals surface area contributed by atoms with Crippen molar-refractivity contribution in [3.63, 3.8) is 0 Å². The topological polar surface area (TPSA) is 70.2 Å². The molecule has 0 bridgehead atoms. The number of rotatable bonds is 6. The Balaban J connectivity index is 1.28. The Morgan fingerprint density at radius 1 is 0.861 bits per heavy atom. The van der Waals surface area contributed by atoms with Crippen molar-refractivity contribution in [3.8, 4) is 5.75 Å². The van der Waals surface area contributed by atoms with Gasteiger partial charge in [0.05, 0.1) is 10.5 Å². The normalized spacial score (nSPS) is 18.1. The summed E-state index contributed by atoms with van der Waals surface area (Å²) in [6.07, 6.45) is -0.617. The number of alkyl halides is 3. The molecule has 0 radical (unpaired) electrons. The van der Waals surface area contributed by atoms with Gasteiger partial charge in [0.15, 0.2) is 6.61 Å². The van der Waals surface area contributed by atoms with Crippen LogP contribution < -0.4 is 9.64 Å². The van der Waals surface area contributed by atoms with Crippen LogP contribution in [0.15, 0.2) is 53.4 Å². The van der Waals surface area contributed by atoms with Gasteiger partial charge in [-0.3, -0.25) is 4.79 Å². The Labute approximate surface area is 209 Å². The van der Waals surface area contributed by atoms with Crippen LogP contribution in [0.2, 0.25) is 0 Å². The Kier molecular flexibility index (Phi) is 8.09. The number of benzene rings is 2. The molecule has 1 amide bonds. The van der Waals surface area contributed by atoms with Gasteiger partial charge in [0.2, 0.25) is 10.0 Å². The standard InChI is InChI=1S/C25H30F3N3O4S/c26-25(27,28)20-6-5-7-21(18-20)29-14-16-30(17-15-29)24(32)19-35-22-8-10-23(11-9-22)36(33,34)31-12-3-1-2-4-13-31/h5-11,18H,1-4,12-17,19H2. The molecule has 11 heteroatoms. The third-order valence-electron chi connectivity index (χ3n) is 6.56. The fourth-order valence-electron chi connectivity index (χ4n) is 4.47. The van der Waals surface area contributed by atoms with Crippen LogP contribution in [0.1, 0.15) is 31.2 Å². The molecular formula is C25H30F3N3O4S. The lowest BCUT2D eigenvalue weighted by atomic mass is 10.1. The van der Waals surface area contributed by atoms with Crippen LogP contribution in [-0.2, 0) is 21.0 Å². The van der Waals surface area contributed by atoms with Crippen LogP contribution >= 0.6 is 0 Å². The summed E-state index contributed by atoms with van der Waals surface area (Å²) in [5, 5.41) is 0. The van der Waals surface area contributed by atoms with Crippen molar-refractivity contribution in [2.45, 2.75) is 36.8 Å². The van der Waals surface area contributed by atoms with Crippen molar-refractivity contribution < 1.29 is 31.1 Å². The lowest BCUT2D eigenvalue weighted by Crippen LogP contribution is -2.50. The van der Waals surface area contributed by atoms with Gasteiger partial charge in [-0.05, 0) is 55.3 Å². The summed E-state index contributed by atoms with van der Waals surface area (Å²) in [6.45, 7) is 2.40. The number of carbonyl (C=O) groups is 1. The minimum Gasteiger partial charge on any atom is -0.484 e. The van der Waals surface area contributed by atoms with Crippen LogP contribution in [0.4, 0.5) is 18.9 Å². The Morgan fingerprint density at radius 3 is 2.11 bits per heavy atom. The van der Waals surface area contributed by atoms with Gasteiger partial charge in [0, 0.05) is 45.0 Å². The predicted molar refractivity (Wildman–Crippen MR) is 129 cm³/mol. The van der Waals surface area contributed by atoms with Crippen molar-refractivity contribution in [2.24, 2.45) is 0 Å². The minimum absolute atomic E-state index is 0.203. The SMILES string of the molecule is O=C(COc1ccc(S(=O)(=O)N2CCCCCC2)cc1)N1CCN(c2cccc(C(F)(F)F)c2)CC1. The first-order valence-electron chi connectivity index (χ1n) is 12.1. The molecule has 4 rings (SSSR count). The lowest BCUT2D eigenvalue weighted by Gasteiger charge is -2.36. The van der Waals surface area contributed by atoms with E-state index in [2.05, 4.69) is 0 Å². The van der Waals surface area contributed by atoms with E-state index in [4.69, 9.17) is 4.74 Å². The number of anilines is 1. The van der Waals surface area contributed by atoms with E-state index in [9.17, 15) is 26.4 Å². The number of amides is 1. The molecule has 2 saturated heterocycles. The highest BCUT2D eigenvalue weighted by molar-refractivity contribution is 7.89. The predicted octanol–water partition coefficient (Wildman–Crippen LogP) is 4.00. The summed E-state index contributed by atoms with van der Waals surface area (Å²) in [6, 6.07) is 11.3. The van der Waals surface area contributed by atoms with Crippen LogP contribution in [0.5, 0.6) is 5.75 Å². The van der Waals surface area contributed by atoms with E-state index in [-0.39, 0.29) is 17.4 Å². The van der Waals surface area contributed by atoms with Gasteiger partial charge in [0.25, 0.3) is 5.91 Å².